The second-order valence-corrected chi connectivity index (χ2v) is 7.30. The molecule has 1 atom stereocenters. The largest absolute Gasteiger partial charge is 0.455 e. The first-order valence-electron chi connectivity index (χ1n) is 8.88. The molecule has 2 aromatic rings. The van der Waals surface area contributed by atoms with Gasteiger partial charge in [-0.1, -0.05) is 0 Å². The number of ether oxygens (including phenoxy) is 1. The number of hydrogen-bond donors (Lipinski definition) is 1. The van der Waals surface area contributed by atoms with Crippen LogP contribution in [0.25, 0.3) is 11.1 Å². The first-order chi connectivity index (χ1) is 12.2. The van der Waals surface area contributed by atoms with Crippen molar-refractivity contribution in [2.75, 3.05) is 31.5 Å². The summed E-state index contributed by atoms with van der Waals surface area (Å²) < 4.78 is 8.11. The second kappa shape index (κ2) is 5.56. The Kier molecular flexibility index (Phi) is 3.31. The molecule has 2 bridgehead atoms. The molecule has 2 aromatic heterocycles. The van der Waals surface area contributed by atoms with E-state index in [2.05, 4.69) is 25.3 Å². The minimum absolute atomic E-state index is 0.125. The van der Waals surface area contributed by atoms with Gasteiger partial charge in [0.05, 0.1) is 12.7 Å². The van der Waals surface area contributed by atoms with Crippen molar-refractivity contribution in [3.63, 3.8) is 0 Å². The summed E-state index contributed by atoms with van der Waals surface area (Å²) in [5, 5.41) is 7.49. The Morgan fingerprint density at radius 1 is 1.28 bits per heavy atom. The van der Waals surface area contributed by atoms with Crippen LogP contribution in [0.2, 0.25) is 0 Å². The maximum atomic E-state index is 6.32. The van der Waals surface area contributed by atoms with E-state index in [4.69, 9.17) is 4.74 Å². The topological polar surface area (TPSA) is 67.6 Å². The molecule has 0 unspecified atom stereocenters. The van der Waals surface area contributed by atoms with Crippen LogP contribution in [0.3, 0.4) is 0 Å². The van der Waals surface area contributed by atoms with Crippen molar-refractivity contribution >= 4 is 11.8 Å². The van der Waals surface area contributed by atoms with E-state index in [0.29, 0.717) is 11.9 Å². The van der Waals surface area contributed by atoms with Gasteiger partial charge < -0.3 is 4.74 Å². The molecule has 0 saturated carbocycles. The van der Waals surface area contributed by atoms with E-state index in [1.54, 1.807) is 10.9 Å². The number of aryl methyl sites for hydroxylation is 1. The van der Waals surface area contributed by atoms with Crippen molar-refractivity contribution in [2.45, 2.75) is 18.4 Å². The van der Waals surface area contributed by atoms with Crippen LogP contribution in [0.1, 0.15) is 12.8 Å². The number of anilines is 1. The van der Waals surface area contributed by atoms with Crippen molar-refractivity contribution in [3.05, 3.63) is 30.7 Å². The molecule has 7 heteroatoms. The smallest absolute Gasteiger partial charge is 0.291 e. The summed E-state index contributed by atoms with van der Waals surface area (Å²) in [5.41, 5.74) is 2.01. The Balaban J connectivity index is 1.32. The molecule has 4 aliphatic heterocycles. The maximum Gasteiger partial charge on any atom is 0.291 e. The Morgan fingerprint density at radius 2 is 2.16 bits per heavy atom. The predicted octanol–water partition coefficient (Wildman–Crippen LogP) is 1.74. The standard InChI is InChI=1S/C18H22N6O/c1-23-10-14(9-21-23)13-2-5-19-16(8-13)22-17-20-11-18(25-17)12-24-6-3-15(18)4-7-24/h2,5,8-10,15H,3-4,6-7,11-12H2,1H3,(H,19,20,22)/t18-/m0/s1. The van der Waals surface area contributed by atoms with Gasteiger partial charge in [-0.3, -0.25) is 14.9 Å². The quantitative estimate of drug-likeness (QED) is 0.903. The molecule has 0 amide bonds. The van der Waals surface area contributed by atoms with Gasteiger partial charge in [0.15, 0.2) is 0 Å². The van der Waals surface area contributed by atoms with Gasteiger partial charge in [-0.05, 0) is 43.6 Å². The summed E-state index contributed by atoms with van der Waals surface area (Å²) in [7, 11) is 1.91. The summed E-state index contributed by atoms with van der Waals surface area (Å²) >= 11 is 0. The third-order valence-electron chi connectivity index (χ3n) is 5.65. The van der Waals surface area contributed by atoms with Crippen LogP contribution in [0, 0.1) is 5.92 Å². The molecule has 0 radical (unpaired) electrons. The van der Waals surface area contributed by atoms with Crippen LogP contribution in [-0.2, 0) is 11.8 Å². The third-order valence-corrected chi connectivity index (χ3v) is 5.65. The number of amidine groups is 1. The summed E-state index contributed by atoms with van der Waals surface area (Å²) in [4.78, 5) is 11.5. The molecule has 1 spiro atoms. The van der Waals surface area contributed by atoms with Crippen molar-refractivity contribution in [2.24, 2.45) is 18.0 Å². The SMILES string of the molecule is Cn1cc(-c2ccnc(NC3=NC[C@@]4(CN5CCC4CC5)O3)c2)cn1. The van der Waals surface area contributed by atoms with Gasteiger partial charge in [0.2, 0.25) is 0 Å². The molecule has 6 heterocycles. The predicted molar refractivity (Wildman–Crippen MR) is 95.3 cm³/mol. The summed E-state index contributed by atoms with van der Waals surface area (Å²) in [6.45, 7) is 4.15. The number of piperidine rings is 3. The molecule has 1 N–H and O–H groups in total. The molecule has 130 valence electrons. The van der Waals surface area contributed by atoms with E-state index in [9.17, 15) is 0 Å². The minimum Gasteiger partial charge on any atom is -0.455 e. The fraction of sp³-hybridized carbons (Fsp3) is 0.500. The second-order valence-electron chi connectivity index (χ2n) is 7.30. The highest BCUT2D eigenvalue weighted by Gasteiger charge is 2.51. The molecular formula is C18H22N6O. The summed E-state index contributed by atoms with van der Waals surface area (Å²) in [6, 6.07) is 4.59. The van der Waals surface area contributed by atoms with Crippen LogP contribution in [0.4, 0.5) is 5.82 Å². The molecule has 0 aliphatic carbocycles. The Morgan fingerprint density at radius 3 is 2.88 bits per heavy atom. The summed E-state index contributed by atoms with van der Waals surface area (Å²) in [5.74, 6) is 1.37. The normalized spacial score (nSPS) is 30.4. The Bertz CT molecular complexity index is 822. The van der Waals surface area contributed by atoms with Gasteiger partial charge >= 0.3 is 0 Å². The van der Waals surface area contributed by atoms with Gasteiger partial charge in [0, 0.05) is 37.5 Å². The monoisotopic (exact) mass is 338 g/mol. The number of nitrogens with one attached hydrogen (secondary N) is 1. The van der Waals surface area contributed by atoms with Crippen LogP contribution in [0.15, 0.2) is 35.7 Å². The van der Waals surface area contributed by atoms with Crippen LogP contribution in [-0.4, -0.2) is 57.5 Å². The van der Waals surface area contributed by atoms with Gasteiger partial charge in [-0.25, -0.2) is 9.98 Å². The van der Waals surface area contributed by atoms with Crippen LogP contribution < -0.4 is 5.32 Å². The van der Waals surface area contributed by atoms with E-state index in [1.807, 2.05) is 31.6 Å². The zero-order valence-corrected chi connectivity index (χ0v) is 14.4. The highest BCUT2D eigenvalue weighted by Crippen LogP contribution is 2.40. The van der Waals surface area contributed by atoms with Crippen LogP contribution in [0.5, 0.6) is 0 Å². The molecule has 0 aromatic carbocycles. The molecule has 6 rings (SSSR count). The Hall–Kier alpha value is -2.41. The molecule has 7 nitrogen and oxygen atoms in total. The highest BCUT2D eigenvalue weighted by atomic mass is 16.5. The Labute approximate surface area is 146 Å². The van der Waals surface area contributed by atoms with Crippen molar-refractivity contribution in [1.82, 2.24) is 19.7 Å². The molecular weight excluding hydrogens is 316 g/mol. The zero-order valence-electron chi connectivity index (χ0n) is 14.4. The minimum atomic E-state index is -0.125. The number of fused-ring (bicyclic) bond motifs is 2. The van der Waals surface area contributed by atoms with E-state index in [1.165, 1.54) is 25.9 Å². The number of rotatable bonds is 2. The molecule has 3 fully saturated rings. The fourth-order valence-electron chi connectivity index (χ4n) is 4.31. The lowest BCUT2D eigenvalue weighted by molar-refractivity contribution is -0.0829. The number of nitrogens with zero attached hydrogens (tertiary/aromatic N) is 5. The first kappa shape index (κ1) is 14.9. The lowest BCUT2D eigenvalue weighted by Crippen LogP contribution is -2.61. The molecule has 4 aliphatic rings. The zero-order chi connectivity index (χ0) is 16.9. The van der Waals surface area contributed by atoms with Crippen molar-refractivity contribution in [1.29, 1.82) is 0 Å². The van der Waals surface area contributed by atoms with Crippen molar-refractivity contribution in [3.8, 4) is 11.1 Å². The number of aliphatic imine (C=N–C) groups is 1. The lowest BCUT2D eigenvalue weighted by Gasteiger charge is -2.50. The number of aromatic nitrogens is 3. The number of pyridine rings is 1. The first-order valence-corrected chi connectivity index (χ1v) is 8.88. The molecule has 3 saturated heterocycles. The average molecular weight is 338 g/mol. The van der Waals surface area contributed by atoms with E-state index >= 15 is 0 Å². The summed E-state index contributed by atoms with van der Waals surface area (Å²) in [6.07, 6.45) is 8.08. The molecule has 25 heavy (non-hydrogen) atoms. The van der Waals surface area contributed by atoms with E-state index < -0.39 is 0 Å². The van der Waals surface area contributed by atoms with Gasteiger partial charge in [-0.15, -0.1) is 0 Å². The van der Waals surface area contributed by atoms with E-state index in [-0.39, 0.29) is 5.60 Å². The van der Waals surface area contributed by atoms with Crippen LogP contribution >= 0.6 is 0 Å². The van der Waals surface area contributed by atoms with Crippen molar-refractivity contribution < 1.29 is 4.74 Å². The highest BCUT2D eigenvalue weighted by molar-refractivity contribution is 5.90. The maximum absolute atomic E-state index is 6.32. The number of hydrogen-bond acceptors (Lipinski definition) is 6. The van der Waals surface area contributed by atoms with Gasteiger partial charge in [-0.2, -0.15) is 5.10 Å². The average Bonchev–Trinajstić information content (AvgIpc) is 3.23. The third kappa shape index (κ3) is 2.59. The van der Waals surface area contributed by atoms with E-state index in [0.717, 1.165) is 30.0 Å². The lowest BCUT2D eigenvalue weighted by atomic mass is 9.75. The van der Waals surface area contributed by atoms with Gasteiger partial charge in [0.25, 0.3) is 6.02 Å². The van der Waals surface area contributed by atoms with Gasteiger partial charge in [0.1, 0.15) is 11.4 Å². The fourth-order valence-corrected chi connectivity index (χ4v) is 4.31.